The molecule has 2 N–H and O–H groups in total. The Balaban J connectivity index is 1.82. The minimum atomic E-state index is 0.0920. The van der Waals surface area contributed by atoms with Crippen molar-refractivity contribution in [3.8, 4) is 5.95 Å². The van der Waals surface area contributed by atoms with Crippen LogP contribution >= 0.6 is 11.6 Å². The number of halogens is 1. The van der Waals surface area contributed by atoms with E-state index < -0.39 is 0 Å². The fourth-order valence-corrected chi connectivity index (χ4v) is 2.76. The van der Waals surface area contributed by atoms with Gasteiger partial charge in [0.1, 0.15) is 12.7 Å². The topological polar surface area (TPSA) is 102 Å². The maximum Gasteiger partial charge on any atom is 0.258 e. The van der Waals surface area contributed by atoms with Crippen LogP contribution in [0.5, 0.6) is 0 Å². The largest absolute Gasteiger partial charge is 0.396 e. The lowest BCUT2D eigenvalue weighted by Crippen LogP contribution is -2.35. The van der Waals surface area contributed by atoms with Gasteiger partial charge in [0, 0.05) is 18.6 Å². The van der Waals surface area contributed by atoms with Crippen molar-refractivity contribution in [1.29, 1.82) is 0 Å². The van der Waals surface area contributed by atoms with Crippen molar-refractivity contribution in [3.05, 3.63) is 17.9 Å². The fraction of sp³-hybridized carbons (Fsp3) is 0.583. The molecule has 1 saturated carbocycles. The summed E-state index contributed by atoms with van der Waals surface area (Å²) in [6.07, 6.45) is 7.14. The monoisotopic (exact) mass is 309 g/mol. The van der Waals surface area contributed by atoms with Gasteiger partial charge in [0.25, 0.3) is 5.95 Å². The van der Waals surface area contributed by atoms with E-state index in [-0.39, 0.29) is 23.9 Å². The molecule has 0 radical (unpaired) electrons. The van der Waals surface area contributed by atoms with E-state index in [2.05, 4.69) is 30.4 Å². The molecule has 112 valence electrons. The zero-order valence-corrected chi connectivity index (χ0v) is 12.1. The molecular weight excluding hydrogens is 294 g/mol. The van der Waals surface area contributed by atoms with Crippen LogP contribution in [0.2, 0.25) is 5.28 Å². The molecule has 0 aromatic carbocycles. The lowest BCUT2D eigenvalue weighted by molar-refractivity contribution is 0.178. The van der Waals surface area contributed by atoms with Crippen LogP contribution in [0.3, 0.4) is 0 Å². The molecule has 9 heteroatoms. The second-order valence-electron chi connectivity index (χ2n) is 5.05. The average molecular weight is 310 g/mol. The van der Waals surface area contributed by atoms with Gasteiger partial charge in [0.05, 0.1) is 0 Å². The van der Waals surface area contributed by atoms with E-state index in [1.165, 1.54) is 17.3 Å². The highest BCUT2D eigenvalue weighted by Crippen LogP contribution is 2.26. The summed E-state index contributed by atoms with van der Waals surface area (Å²) in [5, 5.41) is 16.8. The molecule has 0 amide bonds. The number of rotatable bonds is 4. The number of hydrogen-bond donors (Lipinski definition) is 2. The van der Waals surface area contributed by atoms with Crippen molar-refractivity contribution in [2.75, 3.05) is 11.9 Å². The van der Waals surface area contributed by atoms with Crippen LogP contribution in [0.25, 0.3) is 5.95 Å². The van der Waals surface area contributed by atoms with Gasteiger partial charge in [-0.2, -0.15) is 24.7 Å². The minimum Gasteiger partial charge on any atom is -0.396 e. The van der Waals surface area contributed by atoms with Gasteiger partial charge in [-0.05, 0) is 24.4 Å². The zero-order chi connectivity index (χ0) is 14.7. The lowest BCUT2D eigenvalue weighted by Gasteiger charge is -2.30. The van der Waals surface area contributed by atoms with E-state index in [0.717, 1.165) is 25.7 Å². The third-order valence-corrected chi connectivity index (χ3v) is 3.85. The van der Waals surface area contributed by atoms with Gasteiger partial charge in [-0.1, -0.05) is 12.8 Å². The van der Waals surface area contributed by atoms with E-state index in [1.807, 2.05) is 0 Å². The summed E-state index contributed by atoms with van der Waals surface area (Å²) in [7, 11) is 0. The van der Waals surface area contributed by atoms with E-state index in [0.29, 0.717) is 11.9 Å². The number of nitrogens with one attached hydrogen (secondary N) is 1. The summed E-state index contributed by atoms with van der Waals surface area (Å²) >= 11 is 5.94. The van der Waals surface area contributed by atoms with Crippen LogP contribution in [-0.4, -0.2) is 47.5 Å². The van der Waals surface area contributed by atoms with Gasteiger partial charge < -0.3 is 10.4 Å². The average Bonchev–Trinajstić information content (AvgIpc) is 3.01. The molecule has 3 rings (SSSR count). The van der Waals surface area contributed by atoms with Crippen LogP contribution < -0.4 is 5.32 Å². The molecule has 2 atom stereocenters. The summed E-state index contributed by atoms with van der Waals surface area (Å²) in [6, 6.07) is 0.144. The Labute approximate surface area is 126 Å². The maximum atomic E-state index is 9.46. The molecule has 2 aromatic heterocycles. The summed E-state index contributed by atoms with van der Waals surface area (Å²) in [5.41, 5.74) is 0. The number of aliphatic hydroxyl groups is 1. The smallest absolute Gasteiger partial charge is 0.258 e. The third-order valence-electron chi connectivity index (χ3n) is 3.68. The lowest BCUT2D eigenvalue weighted by atomic mass is 9.85. The summed E-state index contributed by atoms with van der Waals surface area (Å²) < 4.78 is 1.42. The number of hydrogen-bond acceptors (Lipinski definition) is 7. The van der Waals surface area contributed by atoms with Crippen LogP contribution in [0.1, 0.15) is 25.7 Å². The van der Waals surface area contributed by atoms with Crippen molar-refractivity contribution < 1.29 is 5.11 Å². The Morgan fingerprint density at radius 1 is 1.29 bits per heavy atom. The molecule has 1 aliphatic carbocycles. The first-order valence-corrected chi connectivity index (χ1v) is 7.28. The molecule has 1 aliphatic rings. The first kappa shape index (κ1) is 14.2. The highest BCUT2D eigenvalue weighted by molar-refractivity contribution is 6.28. The highest BCUT2D eigenvalue weighted by atomic mass is 35.5. The van der Waals surface area contributed by atoms with Crippen molar-refractivity contribution in [2.45, 2.75) is 31.7 Å². The van der Waals surface area contributed by atoms with E-state index >= 15 is 0 Å². The Bertz CT molecular complexity index is 591. The number of aliphatic hydroxyl groups excluding tert-OH is 1. The summed E-state index contributed by atoms with van der Waals surface area (Å²) in [6.45, 7) is 0.159. The Morgan fingerprint density at radius 3 is 2.90 bits per heavy atom. The van der Waals surface area contributed by atoms with Crippen LogP contribution in [0, 0.1) is 5.92 Å². The molecule has 2 heterocycles. The molecule has 0 spiro atoms. The molecule has 2 unspecified atom stereocenters. The minimum absolute atomic E-state index is 0.0920. The highest BCUT2D eigenvalue weighted by Gasteiger charge is 2.25. The molecule has 8 nitrogen and oxygen atoms in total. The number of nitrogens with zero attached hydrogens (tertiary/aromatic N) is 6. The zero-order valence-electron chi connectivity index (χ0n) is 11.4. The number of anilines is 1. The van der Waals surface area contributed by atoms with Gasteiger partial charge in [0.15, 0.2) is 0 Å². The van der Waals surface area contributed by atoms with E-state index in [1.54, 1.807) is 0 Å². The Morgan fingerprint density at radius 2 is 2.14 bits per heavy atom. The second-order valence-corrected chi connectivity index (χ2v) is 5.38. The molecule has 0 aliphatic heterocycles. The van der Waals surface area contributed by atoms with Gasteiger partial charge >= 0.3 is 0 Å². The van der Waals surface area contributed by atoms with Crippen molar-refractivity contribution in [1.82, 2.24) is 29.7 Å². The van der Waals surface area contributed by atoms with Crippen molar-refractivity contribution in [3.63, 3.8) is 0 Å². The SMILES string of the molecule is OCC1CCCCC1Nc1nc(Cl)nc(-n2cncn2)n1. The molecule has 2 aromatic rings. The summed E-state index contributed by atoms with van der Waals surface area (Å²) in [4.78, 5) is 16.3. The first-order valence-electron chi connectivity index (χ1n) is 6.90. The third kappa shape index (κ3) is 3.27. The summed E-state index contributed by atoms with van der Waals surface area (Å²) in [5.74, 6) is 0.918. The molecule has 0 bridgehead atoms. The van der Waals surface area contributed by atoms with E-state index in [9.17, 15) is 5.11 Å². The maximum absolute atomic E-state index is 9.46. The van der Waals surface area contributed by atoms with Crippen molar-refractivity contribution in [2.24, 2.45) is 5.92 Å². The van der Waals surface area contributed by atoms with Crippen LogP contribution in [0.4, 0.5) is 5.95 Å². The second kappa shape index (κ2) is 6.31. The number of aromatic nitrogens is 6. The van der Waals surface area contributed by atoms with Gasteiger partial charge in [-0.25, -0.2) is 4.98 Å². The predicted octanol–water partition coefficient (Wildman–Crippen LogP) is 1.07. The first-order chi connectivity index (χ1) is 10.3. The molecule has 21 heavy (non-hydrogen) atoms. The molecular formula is C12H16ClN7O. The normalized spacial score (nSPS) is 22.2. The fourth-order valence-electron chi connectivity index (χ4n) is 2.60. The molecule has 1 fully saturated rings. The van der Waals surface area contributed by atoms with Gasteiger partial charge in [0.2, 0.25) is 11.2 Å². The van der Waals surface area contributed by atoms with Crippen LogP contribution in [0.15, 0.2) is 12.7 Å². The van der Waals surface area contributed by atoms with Gasteiger partial charge in [-0.3, -0.25) is 0 Å². The molecule has 0 saturated heterocycles. The van der Waals surface area contributed by atoms with Gasteiger partial charge in [-0.15, -0.1) is 0 Å². The van der Waals surface area contributed by atoms with E-state index in [4.69, 9.17) is 11.6 Å². The Hall–Kier alpha value is -1.80. The van der Waals surface area contributed by atoms with Crippen LogP contribution in [-0.2, 0) is 0 Å². The quantitative estimate of drug-likeness (QED) is 0.871. The standard InChI is InChI=1S/C12H16ClN7O/c13-10-17-11(16-9-4-2-1-3-8(9)5-21)19-12(18-10)20-7-14-6-15-20/h6-9,21H,1-5H2,(H,16,17,18,19). The van der Waals surface area contributed by atoms with Crippen molar-refractivity contribution >= 4 is 17.5 Å². The Kier molecular flexibility index (Phi) is 4.26. The predicted molar refractivity (Wildman–Crippen MR) is 76.2 cm³/mol.